The maximum absolute atomic E-state index is 5.81. The van der Waals surface area contributed by atoms with Crippen molar-refractivity contribution in [3.05, 3.63) is 78.4 Å². The number of aryl methyl sites for hydroxylation is 1. The van der Waals surface area contributed by atoms with Gasteiger partial charge in [0.05, 0.1) is 13.2 Å². The van der Waals surface area contributed by atoms with Crippen molar-refractivity contribution in [3.8, 4) is 5.75 Å². The monoisotopic (exact) mass is 345 g/mol. The van der Waals surface area contributed by atoms with Gasteiger partial charge in [0.15, 0.2) is 0 Å². The zero-order valence-corrected chi connectivity index (χ0v) is 15.0. The van der Waals surface area contributed by atoms with E-state index in [4.69, 9.17) is 9.47 Å². The summed E-state index contributed by atoms with van der Waals surface area (Å²) in [6, 6.07) is 25.2. The van der Waals surface area contributed by atoms with Gasteiger partial charge in [0.25, 0.3) is 0 Å². The minimum Gasteiger partial charge on any atom is -0.491 e. The van der Waals surface area contributed by atoms with Crippen molar-refractivity contribution >= 4 is 21.8 Å². The molecule has 0 bridgehead atoms. The van der Waals surface area contributed by atoms with E-state index < -0.39 is 0 Å². The second-order valence-corrected chi connectivity index (χ2v) is 6.46. The number of fused-ring (bicyclic) bond motifs is 3. The lowest BCUT2D eigenvalue weighted by molar-refractivity contribution is 0.0954. The molecule has 0 fully saturated rings. The van der Waals surface area contributed by atoms with E-state index in [1.807, 2.05) is 18.2 Å². The number of aromatic nitrogens is 1. The standard InChI is InChI=1S/C23H23NO2/c1-18-7-6-8-19(17-18)26-16-15-25-14-13-24-22-11-4-2-9-20(22)21-10-3-5-12-23(21)24/h2-12,17H,13-16H2,1H3. The van der Waals surface area contributed by atoms with Crippen LogP contribution in [-0.2, 0) is 11.3 Å². The smallest absolute Gasteiger partial charge is 0.119 e. The third kappa shape index (κ3) is 3.44. The molecule has 0 aliphatic heterocycles. The van der Waals surface area contributed by atoms with E-state index in [9.17, 15) is 0 Å². The number of hydrogen-bond acceptors (Lipinski definition) is 2. The van der Waals surface area contributed by atoms with E-state index in [0.29, 0.717) is 19.8 Å². The predicted octanol–water partition coefficient (Wildman–Crippen LogP) is 5.20. The summed E-state index contributed by atoms with van der Waals surface area (Å²) in [6.07, 6.45) is 0. The van der Waals surface area contributed by atoms with Crippen LogP contribution in [-0.4, -0.2) is 24.4 Å². The average molecular weight is 345 g/mol. The minimum atomic E-state index is 0.566. The molecule has 0 atom stereocenters. The Morgan fingerprint density at radius 3 is 2.12 bits per heavy atom. The van der Waals surface area contributed by atoms with Crippen molar-refractivity contribution in [2.45, 2.75) is 13.5 Å². The molecule has 0 unspecified atom stereocenters. The van der Waals surface area contributed by atoms with Crippen LogP contribution in [0.4, 0.5) is 0 Å². The van der Waals surface area contributed by atoms with E-state index >= 15 is 0 Å². The molecule has 0 amide bonds. The first-order valence-corrected chi connectivity index (χ1v) is 9.06. The summed E-state index contributed by atoms with van der Waals surface area (Å²) in [4.78, 5) is 0. The topological polar surface area (TPSA) is 23.4 Å². The summed E-state index contributed by atoms with van der Waals surface area (Å²) < 4.78 is 13.9. The van der Waals surface area contributed by atoms with E-state index in [2.05, 4.69) is 66.1 Å². The summed E-state index contributed by atoms with van der Waals surface area (Å²) in [5.74, 6) is 0.899. The molecule has 132 valence electrons. The van der Waals surface area contributed by atoms with Crippen LogP contribution in [0.25, 0.3) is 21.8 Å². The van der Waals surface area contributed by atoms with Crippen molar-refractivity contribution in [3.63, 3.8) is 0 Å². The van der Waals surface area contributed by atoms with Crippen LogP contribution in [0, 0.1) is 6.92 Å². The lowest BCUT2D eigenvalue weighted by atomic mass is 10.2. The van der Waals surface area contributed by atoms with Crippen LogP contribution in [0.1, 0.15) is 5.56 Å². The molecule has 4 aromatic rings. The Kier molecular flexibility index (Phi) is 4.89. The van der Waals surface area contributed by atoms with E-state index in [1.54, 1.807) is 0 Å². The van der Waals surface area contributed by atoms with Gasteiger partial charge in [0.1, 0.15) is 12.4 Å². The van der Waals surface area contributed by atoms with Gasteiger partial charge >= 0.3 is 0 Å². The first-order chi connectivity index (χ1) is 12.8. The summed E-state index contributed by atoms with van der Waals surface area (Å²) in [7, 11) is 0. The maximum Gasteiger partial charge on any atom is 0.119 e. The van der Waals surface area contributed by atoms with Crippen molar-refractivity contribution in [1.82, 2.24) is 4.57 Å². The Balaban J connectivity index is 1.36. The first-order valence-electron chi connectivity index (χ1n) is 9.06. The number of rotatable bonds is 7. The highest BCUT2D eigenvalue weighted by atomic mass is 16.5. The molecular weight excluding hydrogens is 322 g/mol. The van der Waals surface area contributed by atoms with Crippen LogP contribution < -0.4 is 4.74 Å². The second kappa shape index (κ2) is 7.63. The van der Waals surface area contributed by atoms with Gasteiger partial charge in [-0.25, -0.2) is 0 Å². The molecule has 3 aromatic carbocycles. The Morgan fingerprint density at radius 1 is 0.731 bits per heavy atom. The van der Waals surface area contributed by atoms with Gasteiger partial charge in [-0.2, -0.15) is 0 Å². The maximum atomic E-state index is 5.81. The highest BCUT2D eigenvalue weighted by Crippen LogP contribution is 2.28. The molecular formula is C23H23NO2. The molecule has 0 N–H and O–H groups in total. The van der Waals surface area contributed by atoms with Gasteiger partial charge in [0, 0.05) is 28.4 Å². The van der Waals surface area contributed by atoms with Crippen molar-refractivity contribution in [1.29, 1.82) is 0 Å². The highest BCUT2D eigenvalue weighted by Gasteiger charge is 2.08. The lowest BCUT2D eigenvalue weighted by Crippen LogP contribution is -2.11. The Morgan fingerprint density at radius 2 is 1.42 bits per heavy atom. The van der Waals surface area contributed by atoms with Gasteiger partial charge in [-0.15, -0.1) is 0 Å². The molecule has 0 aliphatic carbocycles. The summed E-state index contributed by atoms with van der Waals surface area (Å²) >= 11 is 0. The predicted molar refractivity (Wildman–Crippen MR) is 107 cm³/mol. The molecule has 3 heteroatoms. The largest absolute Gasteiger partial charge is 0.491 e. The minimum absolute atomic E-state index is 0.566. The zero-order valence-electron chi connectivity index (χ0n) is 15.0. The Labute approximate surface area is 153 Å². The SMILES string of the molecule is Cc1cccc(OCCOCCn2c3ccccc3c3ccccc32)c1. The van der Waals surface area contributed by atoms with Gasteiger partial charge in [-0.1, -0.05) is 48.5 Å². The van der Waals surface area contributed by atoms with Gasteiger partial charge in [-0.3, -0.25) is 0 Å². The highest BCUT2D eigenvalue weighted by molar-refractivity contribution is 6.07. The van der Waals surface area contributed by atoms with E-state index in [1.165, 1.54) is 27.4 Å². The number of para-hydroxylation sites is 2. The first kappa shape index (κ1) is 16.7. The third-order valence-electron chi connectivity index (χ3n) is 4.63. The molecule has 26 heavy (non-hydrogen) atoms. The Bertz CT molecular complexity index is 966. The molecule has 1 heterocycles. The fourth-order valence-electron chi connectivity index (χ4n) is 3.43. The molecule has 0 saturated heterocycles. The van der Waals surface area contributed by atoms with Crippen LogP contribution in [0.15, 0.2) is 72.8 Å². The van der Waals surface area contributed by atoms with Crippen LogP contribution in [0.3, 0.4) is 0 Å². The summed E-state index contributed by atoms with van der Waals surface area (Å²) in [6.45, 7) is 4.72. The van der Waals surface area contributed by atoms with Crippen molar-refractivity contribution in [2.24, 2.45) is 0 Å². The number of hydrogen-bond donors (Lipinski definition) is 0. The van der Waals surface area contributed by atoms with E-state index in [-0.39, 0.29) is 0 Å². The molecule has 0 aliphatic rings. The molecule has 0 radical (unpaired) electrons. The average Bonchev–Trinajstić information content (AvgIpc) is 2.99. The zero-order chi connectivity index (χ0) is 17.8. The number of benzene rings is 3. The van der Waals surface area contributed by atoms with Gasteiger partial charge < -0.3 is 14.0 Å². The van der Waals surface area contributed by atoms with E-state index in [0.717, 1.165) is 12.3 Å². The summed E-state index contributed by atoms with van der Waals surface area (Å²) in [5, 5.41) is 2.59. The second-order valence-electron chi connectivity index (χ2n) is 6.46. The van der Waals surface area contributed by atoms with Gasteiger partial charge in [0.2, 0.25) is 0 Å². The number of ether oxygens (including phenoxy) is 2. The lowest BCUT2D eigenvalue weighted by Gasteiger charge is -2.10. The number of nitrogens with zero attached hydrogens (tertiary/aromatic N) is 1. The van der Waals surface area contributed by atoms with Crippen molar-refractivity contribution < 1.29 is 9.47 Å². The molecule has 3 nitrogen and oxygen atoms in total. The molecule has 4 rings (SSSR count). The Hall–Kier alpha value is -2.78. The van der Waals surface area contributed by atoms with Crippen LogP contribution in [0.5, 0.6) is 5.75 Å². The third-order valence-corrected chi connectivity index (χ3v) is 4.63. The molecule has 1 aromatic heterocycles. The fraction of sp³-hybridized carbons (Fsp3) is 0.217. The fourth-order valence-corrected chi connectivity index (χ4v) is 3.43. The van der Waals surface area contributed by atoms with Crippen molar-refractivity contribution in [2.75, 3.05) is 19.8 Å². The van der Waals surface area contributed by atoms with Crippen LogP contribution >= 0.6 is 0 Å². The molecule has 0 saturated carbocycles. The normalized spacial score (nSPS) is 11.3. The van der Waals surface area contributed by atoms with Crippen LogP contribution in [0.2, 0.25) is 0 Å². The quantitative estimate of drug-likeness (QED) is 0.430. The summed E-state index contributed by atoms with van der Waals surface area (Å²) in [5.41, 5.74) is 3.72. The van der Waals surface area contributed by atoms with Gasteiger partial charge in [-0.05, 0) is 36.8 Å². The molecule has 0 spiro atoms.